The van der Waals surface area contributed by atoms with Gasteiger partial charge in [-0.1, -0.05) is 70.2 Å². The molecular formula is C25H27N. The highest BCUT2D eigenvalue weighted by Gasteiger charge is 2.37. The maximum absolute atomic E-state index is 4.67. The molecule has 26 heavy (non-hydrogen) atoms. The Bertz CT molecular complexity index is 935. The van der Waals surface area contributed by atoms with Crippen molar-refractivity contribution in [2.45, 2.75) is 51.4 Å². The number of aromatic nitrogens is 1. The molecule has 1 aliphatic carbocycles. The summed E-state index contributed by atoms with van der Waals surface area (Å²) < 4.78 is 0. The topological polar surface area (TPSA) is 12.9 Å². The number of hydrogen-bond donors (Lipinski definition) is 0. The molecule has 1 nitrogen and oxygen atoms in total. The van der Waals surface area contributed by atoms with Crippen LogP contribution in [0.1, 0.15) is 51.7 Å². The lowest BCUT2D eigenvalue weighted by Gasteiger charge is -2.42. The molecule has 0 saturated carbocycles. The summed E-state index contributed by atoms with van der Waals surface area (Å²) in [6.45, 7) is 9.49. The summed E-state index contributed by atoms with van der Waals surface area (Å²) >= 11 is 0. The van der Waals surface area contributed by atoms with Crippen LogP contribution in [0.5, 0.6) is 0 Å². The fourth-order valence-corrected chi connectivity index (χ4v) is 4.15. The molecule has 1 aromatic heterocycles. The van der Waals surface area contributed by atoms with Crippen molar-refractivity contribution in [2.24, 2.45) is 0 Å². The number of nitrogens with zero attached hydrogens (tertiary/aromatic N) is 1. The second-order valence-electron chi connectivity index (χ2n) is 8.82. The van der Waals surface area contributed by atoms with E-state index in [1.807, 2.05) is 6.20 Å². The minimum Gasteiger partial charge on any atom is -0.256 e. The predicted octanol–water partition coefficient (Wildman–Crippen LogP) is 6.76. The van der Waals surface area contributed by atoms with Crippen LogP contribution in [0.2, 0.25) is 0 Å². The van der Waals surface area contributed by atoms with Gasteiger partial charge in [0.25, 0.3) is 0 Å². The molecule has 0 atom stereocenters. The normalized spacial score (nSPS) is 17.5. The molecule has 4 rings (SSSR count). The summed E-state index contributed by atoms with van der Waals surface area (Å²) in [5, 5.41) is 0. The first-order chi connectivity index (χ1) is 12.4. The van der Waals surface area contributed by atoms with Crippen molar-refractivity contribution >= 4 is 0 Å². The van der Waals surface area contributed by atoms with Gasteiger partial charge in [0.1, 0.15) is 0 Å². The molecule has 1 aliphatic rings. The second-order valence-corrected chi connectivity index (χ2v) is 8.82. The van der Waals surface area contributed by atoms with Gasteiger partial charge in [-0.25, -0.2) is 0 Å². The number of fused-ring (bicyclic) bond motifs is 1. The summed E-state index contributed by atoms with van der Waals surface area (Å²) in [5.74, 6) is 0. The summed E-state index contributed by atoms with van der Waals surface area (Å²) in [5.41, 5.74) is 8.17. The summed E-state index contributed by atoms with van der Waals surface area (Å²) in [7, 11) is 0. The van der Waals surface area contributed by atoms with E-state index in [0.29, 0.717) is 0 Å². The first-order valence-electron chi connectivity index (χ1n) is 9.54. The lowest BCUT2D eigenvalue weighted by atomic mass is 9.63. The van der Waals surface area contributed by atoms with Crippen LogP contribution in [0.3, 0.4) is 0 Å². The Kier molecular flexibility index (Phi) is 3.99. The average molecular weight is 341 g/mol. The van der Waals surface area contributed by atoms with Gasteiger partial charge in [0.15, 0.2) is 0 Å². The molecule has 2 aromatic carbocycles. The number of pyridine rings is 1. The Hall–Kier alpha value is -2.41. The quantitative estimate of drug-likeness (QED) is 0.501. The molecule has 0 saturated heterocycles. The molecule has 0 spiro atoms. The summed E-state index contributed by atoms with van der Waals surface area (Å²) in [4.78, 5) is 4.67. The van der Waals surface area contributed by atoms with Gasteiger partial charge in [-0.05, 0) is 64.1 Å². The molecule has 0 radical (unpaired) electrons. The monoisotopic (exact) mass is 341 g/mol. The van der Waals surface area contributed by atoms with Crippen molar-refractivity contribution in [3.05, 3.63) is 78.0 Å². The third-order valence-electron chi connectivity index (χ3n) is 6.02. The largest absolute Gasteiger partial charge is 0.256 e. The Morgan fingerprint density at radius 2 is 1.35 bits per heavy atom. The van der Waals surface area contributed by atoms with Crippen LogP contribution in [0.25, 0.3) is 22.4 Å². The first-order valence-corrected chi connectivity index (χ1v) is 9.54. The highest BCUT2D eigenvalue weighted by atomic mass is 14.7. The molecule has 0 fully saturated rings. The van der Waals surface area contributed by atoms with Crippen LogP contribution in [-0.4, -0.2) is 4.98 Å². The van der Waals surface area contributed by atoms with E-state index >= 15 is 0 Å². The van der Waals surface area contributed by atoms with Crippen LogP contribution in [0.15, 0.2) is 66.9 Å². The molecular weight excluding hydrogens is 314 g/mol. The Balaban J connectivity index is 1.81. The van der Waals surface area contributed by atoms with Gasteiger partial charge in [0.05, 0.1) is 5.69 Å². The first kappa shape index (κ1) is 17.0. The molecule has 0 unspecified atom stereocenters. The Morgan fingerprint density at radius 1 is 0.654 bits per heavy atom. The van der Waals surface area contributed by atoms with Crippen molar-refractivity contribution in [2.75, 3.05) is 0 Å². The van der Waals surface area contributed by atoms with Gasteiger partial charge in [0, 0.05) is 11.8 Å². The van der Waals surface area contributed by atoms with Gasteiger partial charge in [-0.2, -0.15) is 0 Å². The van der Waals surface area contributed by atoms with Crippen molar-refractivity contribution in [3.8, 4) is 22.4 Å². The van der Waals surface area contributed by atoms with Gasteiger partial charge in [-0.3, -0.25) is 4.98 Å². The maximum atomic E-state index is 4.67. The van der Waals surface area contributed by atoms with Crippen LogP contribution in [0, 0.1) is 0 Å². The fourth-order valence-electron chi connectivity index (χ4n) is 4.15. The lowest BCUT2D eigenvalue weighted by Crippen LogP contribution is -2.33. The summed E-state index contributed by atoms with van der Waals surface area (Å²) in [6, 6.07) is 21.8. The number of hydrogen-bond acceptors (Lipinski definition) is 1. The molecule has 3 aromatic rings. The van der Waals surface area contributed by atoms with Crippen LogP contribution in [0.4, 0.5) is 0 Å². The van der Waals surface area contributed by atoms with E-state index < -0.39 is 0 Å². The van der Waals surface area contributed by atoms with E-state index in [2.05, 4.69) is 93.3 Å². The second kappa shape index (κ2) is 6.09. The van der Waals surface area contributed by atoms with E-state index in [1.54, 1.807) is 0 Å². The highest BCUT2D eigenvalue weighted by molar-refractivity contribution is 5.71. The molecule has 0 N–H and O–H groups in total. The van der Waals surface area contributed by atoms with Gasteiger partial charge in [-0.15, -0.1) is 0 Å². The Morgan fingerprint density at radius 3 is 2.08 bits per heavy atom. The van der Waals surface area contributed by atoms with E-state index in [4.69, 9.17) is 0 Å². The van der Waals surface area contributed by atoms with Crippen molar-refractivity contribution in [3.63, 3.8) is 0 Å². The lowest BCUT2D eigenvalue weighted by molar-refractivity contribution is 0.332. The zero-order valence-electron chi connectivity index (χ0n) is 16.2. The molecule has 132 valence electrons. The van der Waals surface area contributed by atoms with E-state index in [0.717, 1.165) is 5.69 Å². The molecule has 0 aliphatic heterocycles. The SMILES string of the molecule is CC1(C)CCC(C)(C)c2cc(-c3cc(-c4ccccc4)ccn3)ccc21. The van der Waals surface area contributed by atoms with Crippen LogP contribution < -0.4 is 0 Å². The number of benzene rings is 2. The summed E-state index contributed by atoms with van der Waals surface area (Å²) in [6.07, 6.45) is 4.40. The number of rotatable bonds is 2. The van der Waals surface area contributed by atoms with Gasteiger partial charge >= 0.3 is 0 Å². The van der Waals surface area contributed by atoms with Gasteiger partial charge in [0.2, 0.25) is 0 Å². The molecule has 1 heterocycles. The minimum absolute atomic E-state index is 0.220. The van der Waals surface area contributed by atoms with Crippen molar-refractivity contribution in [1.82, 2.24) is 4.98 Å². The molecule has 0 amide bonds. The average Bonchev–Trinajstić information content (AvgIpc) is 2.66. The molecule has 1 heteroatoms. The van der Waals surface area contributed by atoms with Gasteiger partial charge < -0.3 is 0 Å². The van der Waals surface area contributed by atoms with Crippen LogP contribution in [-0.2, 0) is 10.8 Å². The zero-order chi connectivity index (χ0) is 18.4. The van der Waals surface area contributed by atoms with E-state index in [1.165, 1.54) is 40.7 Å². The van der Waals surface area contributed by atoms with E-state index in [9.17, 15) is 0 Å². The smallest absolute Gasteiger partial charge is 0.0708 e. The van der Waals surface area contributed by atoms with Crippen molar-refractivity contribution in [1.29, 1.82) is 0 Å². The Labute approximate surface area is 157 Å². The van der Waals surface area contributed by atoms with E-state index in [-0.39, 0.29) is 10.8 Å². The highest BCUT2D eigenvalue weighted by Crippen LogP contribution is 2.46. The molecule has 0 bridgehead atoms. The zero-order valence-corrected chi connectivity index (χ0v) is 16.2. The van der Waals surface area contributed by atoms with Crippen LogP contribution >= 0.6 is 0 Å². The maximum Gasteiger partial charge on any atom is 0.0708 e. The third-order valence-corrected chi connectivity index (χ3v) is 6.02. The fraction of sp³-hybridized carbons (Fsp3) is 0.320. The third kappa shape index (κ3) is 2.96. The minimum atomic E-state index is 0.220. The predicted molar refractivity (Wildman–Crippen MR) is 110 cm³/mol. The standard InChI is InChI=1S/C25H27N/c1-24(2)13-14-25(3,4)22-16-20(10-11-21(22)24)23-17-19(12-15-26-23)18-8-6-5-7-9-18/h5-12,15-17H,13-14H2,1-4H3. The van der Waals surface area contributed by atoms with Crippen molar-refractivity contribution < 1.29 is 0 Å².